The minimum absolute atomic E-state index is 0.379. The van der Waals surface area contributed by atoms with Crippen LogP contribution >= 0.6 is 11.3 Å². The van der Waals surface area contributed by atoms with Gasteiger partial charge in [0.15, 0.2) is 0 Å². The first-order valence-electron chi connectivity index (χ1n) is 9.19. The largest absolute Gasteiger partial charge is 0.392 e. The lowest BCUT2D eigenvalue weighted by atomic mass is 10.1. The third-order valence-corrected chi connectivity index (χ3v) is 5.54. The number of aromatic nitrogens is 2. The van der Waals surface area contributed by atoms with Crippen LogP contribution in [0.5, 0.6) is 0 Å². The molecular formula is C22H22N4OS. The van der Waals surface area contributed by atoms with Crippen LogP contribution in [-0.2, 0) is 0 Å². The van der Waals surface area contributed by atoms with Crippen LogP contribution in [0.2, 0.25) is 0 Å². The lowest BCUT2D eigenvalue weighted by Gasteiger charge is -2.07. The van der Waals surface area contributed by atoms with Crippen LogP contribution in [0.4, 0.5) is 11.5 Å². The monoisotopic (exact) mass is 390 g/mol. The summed E-state index contributed by atoms with van der Waals surface area (Å²) in [7, 11) is 1.86. The van der Waals surface area contributed by atoms with Crippen molar-refractivity contribution in [2.45, 2.75) is 13.0 Å². The quantitative estimate of drug-likeness (QED) is 0.439. The summed E-state index contributed by atoms with van der Waals surface area (Å²) in [5.74, 6) is 0.858. The number of benzene rings is 2. The van der Waals surface area contributed by atoms with E-state index in [4.69, 9.17) is 4.98 Å². The summed E-state index contributed by atoms with van der Waals surface area (Å²) >= 11 is 1.67. The lowest BCUT2D eigenvalue weighted by Crippen LogP contribution is -2.15. The summed E-state index contributed by atoms with van der Waals surface area (Å²) in [5, 5.41) is 16.7. The van der Waals surface area contributed by atoms with Gasteiger partial charge in [0.2, 0.25) is 0 Å². The first-order chi connectivity index (χ1) is 13.6. The molecule has 0 aliphatic rings. The fourth-order valence-corrected chi connectivity index (χ4v) is 3.95. The number of nitrogens with one attached hydrogen (secondary N) is 2. The molecule has 2 aromatic carbocycles. The van der Waals surface area contributed by atoms with E-state index < -0.39 is 0 Å². The Kier molecular flexibility index (Phi) is 5.23. The van der Waals surface area contributed by atoms with Gasteiger partial charge >= 0.3 is 0 Å². The highest BCUT2D eigenvalue weighted by atomic mass is 32.1. The Morgan fingerprint density at radius 3 is 2.43 bits per heavy atom. The van der Waals surface area contributed by atoms with E-state index in [1.807, 2.05) is 31.4 Å². The minimum Gasteiger partial charge on any atom is -0.392 e. The molecule has 2 aromatic heterocycles. The van der Waals surface area contributed by atoms with Gasteiger partial charge in [0.25, 0.3) is 0 Å². The van der Waals surface area contributed by atoms with Gasteiger partial charge in [-0.3, -0.25) is 0 Å². The van der Waals surface area contributed by atoms with Crippen molar-refractivity contribution in [1.29, 1.82) is 0 Å². The van der Waals surface area contributed by atoms with Crippen LogP contribution in [0.15, 0.2) is 60.8 Å². The Morgan fingerprint density at radius 2 is 1.75 bits per heavy atom. The first kappa shape index (κ1) is 18.4. The summed E-state index contributed by atoms with van der Waals surface area (Å²) in [6, 6.07) is 18.6. The van der Waals surface area contributed by atoms with Crippen LogP contribution in [0.3, 0.4) is 0 Å². The second-order valence-electron chi connectivity index (χ2n) is 6.69. The van der Waals surface area contributed by atoms with Gasteiger partial charge < -0.3 is 15.7 Å². The Hall–Kier alpha value is -2.96. The number of thiazole rings is 1. The maximum atomic E-state index is 9.43. The molecule has 0 fully saturated rings. The topological polar surface area (TPSA) is 70.1 Å². The van der Waals surface area contributed by atoms with E-state index >= 15 is 0 Å². The third-order valence-electron chi connectivity index (χ3n) is 4.47. The molecule has 4 rings (SSSR count). The van der Waals surface area contributed by atoms with E-state index in [9.17, 15) is 5.11 Å². The molecule has 0 aliphatic carbocycles. The summed E-state index contributed by atoms with van der Waals surface area (Å²) in [6.07, 6.45) is 1.50. The van der Waals surface area contributed by atoms with Crippen LogP contribution in [0.1, 0.15) is 6.92 Å². The van der Waals surface area contributed by atoms with Gasteiger partial charge in [0, 0.05) is 36.6 Å². The Labute approximate surface area is 168 Å². The second-order valence-corrected chi connectivity index (χ2v) is 7.72. The van der Waals surface area contributed by atoms with Crippen molar-refractivity contribution in [2.75, 3.05) is 24.2 Å². The van der Waals surface area contributed by atoms with E-state index in [0.717, 1.165) is 43.4 Å². The number of pyridine rings is 1. The normalized spacial score (nSPS) is 12.1. The van der Waals surface area contributed by atoms with Gasteiger partial charge in [-0.1, -0.05) is 24.3 Å². The zero-order chi connectivity index (χ0) is 19.5. The molecule has 0 amide bonds. The van der Waals surface area contributed by atoms with Crippen molar-refractivity contribution < 1.29 is 5.11 Å². The molecular weight excluding hydrogens is 368 g/mol. The van der Waals surface area contributed by atoms with E-state index in [-0.39, 0.29) is 6.10 Å². The number of rotatable bonds is 6. The van der Waals surface area contributed by atoms with Crippen LogP contribution in [0.25, 0.3) is 31.9 Å². The van der Waals surface area contributed by atoms with Crippen molar-refractivity contribution in [3.05, 3.63) is 60.8 Å². The molecule has 0 saturated carbocycles. The first-order valence-corrected chi connectivity index (χ1v) is 10.0. The lowest BCUT2D eigenvalue weighted by molar-refractivity contribution is 0.208. The predicted molar refractivity (Wildman–Crippen MR) is 118 cm³/mol. The number of aliphatic hydroxyl groups excluding tert-OH is 1. The molecule has 1 unspecified atom stereocenters. The molecule has 28 heavy (non-hydrogen) atoms. The highest BCUT2D eigenvalue weighted by Crippen LogP contribution is 2.33. The molecule has 4 aromatic rings. The zero-order valence-electron chi connectivity index (χ0n) is 15.8. The van der Waals surface area contributed by atoms with Crippen LogP contribution < -0.4 is 10.6 Å². The number of hydrogen-bond acceptors (Lipinski definition) is 6. The van der Waals surface area contributed by atoms with Gasteiger partial charge in [-0.15, -0.1) is 11.3 Å². The average Bonchev–Trinajstić information content (AvgIpc) is 3.16. The highest BCUT2D eigenvalue weighted by Gasteiger charge is 2.08. The smallest absolute Gasteiger partial charge is 0.125 e. The molecule has 0 bridgehead atoms. The van der Waals surface area contributed by atoms with Gasteiger partial charge in [-0.25, -0.2) is 9.97 Å². The fraction of sp³-hybridized carbons (Fsp3) is 0.182. The zero-order valence-corrected chi connectivity index (χ0v) is 16.6. The Morgan fingerprint density at radius 1 is 1.00 bits per heavy atom. The number of fused-ring (bicyclic) bond motifs is 1. The Bertz CT molecular complexity index is 1070. The van der Waals surface area contributed by atoms with Crippen molar-refractivity contribution in [2.24, 2.45) is 0 Å². The number of hydrogen-bond donors (Lipinski definition) is 3. The molecule has 0 radical (unpaired) electrons. The molecule has 6 heteroatoms. The van der Waals surface area contributed by atoms with Crippen LogP contribution in [0, 0.1) is 0 Å². The van der Waals surface area contributed by atoms with Crippen molar-refractivity contribution in [1.82, 2.24) is 9.97 Å². The molecule has 142 valence electrons. The van der Waals surface area contributed by atoms with E-state index in [1.54, 1.807) is 18.3 Å². The molecule has 0 aliphatic heterocycles. The Balaban J connectivity index is 1.57. The van der Waals surface area contributed by atoms with E-state index in [2.05, 4.69) is 52.0 Å². The van der Waals surface area contributed by atoms with Gasteiger partial charge in [0.1, 0.15) is 10.8 Å². The third kappa shape index (κ3) is 3.98. The number of nitrogens with zero attached hydrogens (tertiary/aromatic N) is 2. The minimum atomic E-state index is -0.379. The number of anilines is 2. The standard InChI is InChI=1S/C22H22N4OS/c1-14(27)12-24-18-8-9-19-20(11-18)28-22(26-19)16-5-3-15(4-6-16)17-7-10-21(23-2)25-13-17/h3-11,13-14,24,27H,12H2,1-2H3,(H,23,25). The summed E-state index contributed by atoms with van der Waals surface area (Å²) in [5.41, 5.74) is 5.30. The van der Waals surface area contributed by atoms with Gasteiger partial charge in [-0.05, 0) is 42.8 Å². The maximum absolute atomic E-state index is 9.43. The predicted octanol–water partition coefficient (Wildman–Crippen LogP) is 4.86. The van der Waals surface area contributed by atoms with Crippen molar-refractivity contribution in [3.63, 3.8) is 0 Å². The molecule has 0 spiro atoms. The number of aliphatic hydroxyl groups is 1. The van der Waals surface area contributed by atoms with Crippen LogP contribution in [-0.4, -0.2) is 34.8 Å². The molecule has 0 saturated heterocycles. The molecule has 2 heterocycles. The molecule has 1 atom stereocenters. The van der Waals surface area contributed by atoms with Crippen molar-refractivity contribution in [3.8, 4) is 21.7 Å². The summed E-state index contributed by atoms with van der Waals surface area (Å²) < 4.78 is 1.13. The van der Waals surface area contributed by atoms with Gasteiger partial charge in [0.05, 0.1) is 16.3 Å². The van der Waals surface area contributed by atoms with E-state index in [1.165, 1.54) is 0 Å². The van der Waals surface area contributed by atoms with E-state index in [0.29, 0.717) is 6.54 Å². The fourth-order valence-electron chi connectivity index (χ4n) is 2.94. The highest BCUT2D eigenvalue weighted by molar-refractivity contribution is 7.21. The molecule has 5 nitrogen and oxygen atoms in total. The maximum Gasteiger partial charge on any atom is 0.125 e. The van der Waals surface area contributed by atoms with Gasteiger partial charge in [-0.2, -0.15) is 0 Å². The molecule has 3 N–H and O–H groups in total. The summed E-state index contributed by atoms with van der Waals surface area (Å²) in [6.45, 7) is 2.30. The second kappa shape index (κ2) is 7.96. The van der Waals surface area contributed by atoms with Crippen molar-refractivity contribution >= 4 is 33.1 Å². The SMILES string of the molecule is CNc1ccc(-c2ccc(-c3nc4ccc(NCC(C)O)cc4s3)cc2)cn1. The summed E-state index contributed by atoms with van der Waals surface area (Å²) in [4.78, 5) is 9.14. The average molecular weight is 391 g/mol.